The lowest BCUT2D eigenvalue weighted by Crippen LogP contribution is -2.01. The Balaban J connectivity index is 0.621. The maximum absolute atomic E-state index is 6.58. The summed E-state index contributed by atoms with van der Waals surface area (Å²) in [5.74, 6) is 3.42. The third kappa shape index (κ3) is 10.7. The van der Waals surface area contributed by atoms with Crippen molar-refractivity contribution in [1.82, 2.24) is 29.9 Å². The van der Waals surface area contributed by atoms with Crippen LogP contribution in [0.2, 0.25) is 0 Å². The van der Waals surface area contributed by atoms with Crippen LogP contribution in [0.1, 0.15) is 0 Å². The van der Waals surface area contributed by atoms with Gasteiger partial charge in [-0.25, -0.2) is 29.9 Å². The fourth-order valence-corrected chi connectivity index (χ4v) is 15.5. The summed E-state index contributed by atoms with van der Waals surface area (Å²) in [5, 5.41) is 15.3. The van der Waals surface area contributed by atoms with E-state index >= 15 is 0 Å². The van der Waals surface area contributed by atoms with E-state index in [4.69, 9.17) is 38.7 Å². The lowest BCUT2D eigenvalue weighted by atomic mass is 9.93. The molecular formula is C98H58N6O2. The van der Waals surface area contributed by atoms with Gasteiger partial charge in [-0.15, -0.1) is 0 Å². The minimum Gasteiger partial charge on any atom is -0.456 e. The zero-order valence-corrected chi connectivity index (χ0v) is 57.0. The lowest BCUT2D eigenvalue weighted by Gasteiger charge is -2.14. The monoisotopic (exact) mass is 1350 g/mol. The third-order valence-corrected chi connectivity index (χ3v) is 20.9. The summed E-state index contributed by atoms with van der Waals surface area (Å²) < 4.78 is 13.1. The number of aromatic nitrogens is 6. The van der Waals surface area contributed by atoms with E-state index in [2.05, 4.69) is 322 Å². The fourth-order valence-electron chi connectivity index (χ4n) is 15.5. The van der Waals surface area contributed by atoms with Crippen LogP contribution in [0.3, 0.4) is 0 Å². The number of rotatable bonds is 11. The van der Waals surface area contributed by atoms with Gasteiger partial charge in [-0.2, -0.15) is 0 Å². The Kier molecular flexibility index (Phi) is 14.1. The molecule has 0 saturated heterocycles. The number of benzene rings is 17. The first-order chi connectivity index (χ1) is 52.4. The van der Waals surface area contributed by atoms with Crippen LogP contribution in [0.25, 0.3) is 222 Å². The molecule has 21 rings (SSSR count). The summed E-state index contributed by atoms with van der Waals surface area (Å²) in [6, 6.07) is 124. The first-order valence-corrected chi connectivity index (χ1v) is 35.7. The van der Waals surface area contributed by atoms with Gasteiger partial charge >= 0.3 is 0 Å². The number of fused-ring (bicyclic) bond motifs is 11. The molecule has 0 radical (unpaired) electrons. The Hall–Kier alpha value is -14.3. The quantitative estimate of drug-likeness (QED) is 0.126. The number of hydrogen-bond acceptors (Lipinski definition) is 8. The number of nitrogens with zero attached hydrogens (tertiary/aromatic N) is 6. The molecule has 0 spiro atoms. The molecule has 21 aromatic rings. The summed E-state index contributed by atoms with van der Waals surface area (Å²) >= 11 is 0. The van der Waals surface area contributed by atoms with Gasteiger partial charge in [-0.1, -0.05) is 273 Å². The highest BCUT2D eigenvalue weighted by Gasteiger charge is 2.24. The molecule has 8 heteroatoms. The van der Waals surface area contributed by atoms with Gasteiger partial charge in [0.1, 0.15) is 22.3 Å². The molecule has 4 heterocycles. The molecule has 0 atom stereocenters. The largest absolute Gasteiger partial charge is 0.456 e. The van der Waals surface area contributed by atoms with Crippen LogP contribution in [0.5, 0.6) is 0 Å². The average molecular weight is 1350 g/mol. The number of hydrogen-bond donors (Lipinski definition) is 0. The Morgan fingerprint density at radius 1 is 0.160 bits per heavy atom. The van der Waals surface area contributed by atoms with Crippen LogP contribution in [0.4, 0.5) is 0 Å². The topological polar surface area (TPSA) is 104 Å². The lowest BCUT2D eigenvalue weighted by molar-refractivity contribution is 0.668. The van der Waals surface area contributed by atoms with E-state index in [1.54, 1.807) is 0 Å². The average Bonchev–Trinajstić information content (AvgIpc) is 1.53. The van der Waals surface area contributed by atoms with E-state index in [0.29, 0.717) is 34.9 Å². The maximum atomic E-state index is 6.58. The van der Waals surface area contributed by atoms with E-state index in [9.17, 15) is 0 Å². The molecule has 0 amide bonds. The van der Waals surface area contributed by atoms with E-state index in [-0.39, 0.29) is 0 Å². The Morgan fingerprint density at radius 2 is 0.500 bits per heavy atom. The van der Waals surface area contributed by atoms with Gasteiger partial charge in [0.05, 0.1) is 0 Å². The summed E-state index contributed by atoms with van der Waals surface area (Å²) in [6.45, 7) is 0. The van der Waals surface area contributed by atoms with Crippen LogP contribution in [0, 0.1) is 0 Å². The van der Waals surface area contributed by atoms with Gasteiger partial charge in [-0.05, 0) is 188 Å². The molecule has 0 N–H and O–H groups in total. The molecule has 17 aromatic carbocycles. The molecule has 0 fully saturated rings. The molecule has 0 aliphatic carbocycles. The van der Waals surface area contributed by atoms with E-state index < -0.39 is 0 Å². The minimum atomic E-state index is 0.559. The van der Waals surface area contributed by atoms with Crippen molar-refractivity contribution in [2.45, 2.75) is 0 Å². The van der Waals surface area contributed by atoms with Gasteiger partial charge in [-0.3, -0.25) is 0 Å². The smallest absolute Gasteiger partial charge is 0.165 e. The molecule has 492 valence electrons. The van der Waals surface area contributed by atoms with Gasteiger partial charge in [0.25, 0.3) is 0 Å². The highest BCUT2D eigenvalue weighted by molar-refractivity contribution is 6.16. The Bertz CT molecular complexity index is 7140. The minimum absolute atomic E-state index is 0.559. The molecular weight excluding hydrogens is 1290 g/mol. The van der Waals surface area contributed by atoms with Crippen LogP contribution in [-0.4, -0.2) is 29.9 Å². The predicted octanol–water partition coefficient (Wildman–Crippen LogP) is 26.0. The first kappa shape index (κ1) is 60.4. The molecule has 0 saturated carbocycles. The molecule has 0 bridgehead atoms. The van der Waals surface area contributed by atoms with Crippen molar-refractivity contribution in [3.63, 3.8) is 0 Å². The number of para-hydroxylation sites is 1. The molecule has 8 nitrogen and oxygen atoms in total. The molecule has 106 heavy (non-hydrogen) atoms. The van der Waals surface area contributed by atoms with Gasteiger partial charge < -0.3 is 8.83 Å². The highest BCUT2D eigenvalue weighted by atomic mass is 16.3. The van der Waals surface area contributed by atoms with Crippen molar-refractivity contribution >= 4 is 97.7 Å². The normalized spacial score (nSPS) is 11.8. The molecule has 0 aliphatic heterocycles. The van der Waals surface area contributed by atoms with E-state index in [0.717, 1.165) is 171 Å². The van der Waals surface area contributed by atoms with Crippen molar-refractivity contribution < 1.29 is 8.83 Å². The van der Waals surface area contributed by atoms with Crippen LogP contribution in [0.15, 0.2) is 361 Å². The first-order valence-electron chi connectivity index (χ1n) is 35.7. The van der Waals surface area contributed by atoms with Gasteiger partial charge in [0.2, 0.25) is 0 Å². The summed E-state index contributed by atoms with van der Waals surface area (Å²) in [5.41, 5.74) is 19.4. The Morgan fingerprint density at radius 3 is 1.08 bits per heavy atom. The second-order valence-corrected chi connectivity index (χ2v) is 27.3. The summed E-state index contributed by atoms with van der Waals surface area (Å²) in [6.07, 6.45) is 0. The van der Waals surface area contributed by atoms with Gasteiger partial charge in [0, 0.05) is 54.9 Å². The van der Waals surface area contributed by atoms with Crippen molar-refractivity contribution in [1.29, 1.82) is 0 Å². The zero-order chi connectivity index (χ0) is 69.8. The molecule has 0 aliphatic rings. The van der Waals surface area contributed by atoms with E-state index in [1.807, 2.05) is 30.3 Å². The molecule has 0 unspecified atom stereocenters. The second kappa shape index (κ2) is 24.7. The maximum Gasteiger partial charge on any atom is 0.165 e. The molecule has 4 aromatic heterocycles. The van der Waals surface area contributed by atoms with Crippen LogP contribution < -0.4 is 0 Å². The van der Waals surface area contributed by atoms with E-state index in [1.165, 1.54) is 16.2 Å². The van der Waals surface area contributed by atoms with Crippen molar-refractivity contribution in [2.75, 3.05) is 0 Å². The van der Waals surface area contributed by atoms with Crippen LogP contribution in [-0.2, 0) is 0 Å². The summed E-state index contributed by atoms with van der Waals surface area (Å²) in [4.78, 5) is 32.2. The third-order valence-electron chi connectivity index (χ3n) is 20.9. The second-order valence-electron chi connectivity index (χ2n) is 27.3. The standard InChI is InChI=1S/C98H58N6O2/c1-2-13-59(14-3-1)77-47-49-87-85(58-77)90-84(22-12-24-88(90)106-87)97-101-93(66-34-25-63(26-35-66)71-38-29-60-15-4-7-18-68(60)51-71)99-95(102-97)80-46-33-65-30-39-76(56-81(65)57-80)75-43-42-73-52-72(40-41-74(73)53-75)64-27-36-67(37-28-64)94-100-96(79-45-32-62-17-6-9-20-70(62)55-79)104-98(103-94)92-82(78-44-31-61-16-5-8-19-69(61)54-78)48-50-89-91(92)83-21-10-11-23-86(83)105-89/h1-58H. The summed E-state index contributed by atoms with van der Waals surface area (Å²) in [7, 11) is 0. The van der Waals surface area contributed by atoms with Crippen molar-refractivity contribution in [3.05, 3.63) is 352 Å². The number of furan rings is 2. The zero-order valence-electron chi connectivity index (χ0n) is 57.0. The van der Waals surface area contributed by atoms with Crippen molar-refractivity contribution in [2.24, 2.45) is 0 Å². The van der Waals surface area contributed by atoms with Crippen molar-refractivity contribution in [3.8, 4) is 124 Å². The van der Waals surface area contributed by atoms with Gasteiger partial charge in [0.15, 0.2) is 34.9 Å². The van der Waals surface area contributed by atoms with Crippen LogP contribution >= 0.6 is 0 Å². The Labute approximate surface area is 608 Å². The SMILES string of the molecule is c1ccc(-c2ccc3oc4cccc(-c5nc(-c6ccc(-c7ccc8ccccc8c7)cc6)nc(-c6ccc7ccc(-c8ccc9cc(-c%10ccc(-c%11nc(-c%12ccc%13ccccc%13c%12)nc(-c%12c(-c%13ccc%14ccccc%14c%13)ccc%13oc%14ccccc%14c%12%13)n%11)cc%10)ccc9c8)cc7c6)n5)c4c3c2)cc1. The predicted molar refractivity (Wildman–Crippen MR) is 435 cm³/mol. The fraction of sp³-hybridized carbons (Fsp3) is 0. The highest BCUT2D eigenvalue weighted by Crippen LogP contribution is 2.45.